The maximum Gasteiger partial charge on any atom is 0.0491 e. The lowest BCUT2D eigenvalue weighted by molar-refractivity contribution is 0.369. The van der Waals surface area contributed by atoms with Crippen LogP contribution in [0, 0.1) is 5.92 Å². The molecule has 1 unspecified atom stereocenters. The summed E-state index contributed by atoms with van der Waals surface area (Å²) in [4.78, 5) is 0. The number of likely N-dealkylation sites (N-methyl/N-ethyl adjacent to an activating group) is 1. The summed E-state index contributed by atoms with van der Waals surface area (Å²) < 4.78 is 2.47. The molecule has 0 bridgehead atoms. The van der Waals surface area contributed by atoms with Crippen molar-refractivity contribution in [3.63, 3.8) is 0 Å². The van der Waals surface area contributed by atoms with Crippen LogP contribution < -0.4 is 5.32 Å². The third-order valence-electron chi connectivity index (χ3n) is 4.33. The molecule has 0 saturated carbocycles. The van der Waals surface area contributed by atoms with Gasteiger partial charge in [-0.2, -0.15) is 0 Å². The number of hydrogen-bond donors (Lipinski definition) is 1. The zero-order valence-electron chi connectivity index (χ0n) is 13.1. The number of nitrogens with one attached hydrogen (secondary N) is 1. The van der Waals surface area contributed by atoms with Gasteiger partial charge in [0, 0.05) is 34.4 Å². The van der Waals surface area contributed by atoms with Crippen molar-refractivity contribution in [2.75, 3.05) is 6.54 Å². The van der Waals surface area contributed by atoms with Gasteiger partial charge in [0.1, 0.15) is 0 Å². The molecule has 1 heterocycles. The van der Waals surface area contributed by atoms with Crippen molar-refractivity contribution in [1.82, 2.24) is 9.88 Å². The Labute approximate surface area is 126 Å². The summed E-state index contributed by atoms with van der Waals surface area (Å²) >= 11 is 0. The van der Waals surface area contributed by atoms with Gasteiger partial charge in [0.25, 0.3) is 0 Å². The van der Waals surface area contributed by atoms with Crippen LogP contribution in [0.2, 0.25) is 0 Å². The van der Waals surface area contributed by atoms with E-state index >= 15 is 0 Å². The summed E-state index contributed by atoms with van der Waals surface area (Å²) in [6.07, 6.45) is 0. The third kappa shape index (κ3) is 2.56. The maximum atomic E-state index is 3.63. The minimum atomic E-state index is 0.495. The molecular formula is C19H24N2. The van der Waals surface area contributed by atoms with Crippen molar-refractivity contribution in [2.45, 2.75) is 33.4 Å². The predicted molar refractivity (Wildman–Crippen MR) is 91.7 cm³/mol. The first-order chi connectivity index (χ1) is 10.2. The van der Waals surface area contributed by atoms with Crippen LogP contribution in [0.5, 0.6) is 0 Å². The van der Waals surface area contributed by atoms with Gasteiger partial charge in [-0.15, -0.1) is 0 Å². The lowest BCUT2D eigenvalue weighted by Crippen LogP contribution is -2.37. The van der Waals surface area contributed by atoms with Crippen LogP contribution in [-0.2, 0) is 6.54 Å². The Morgan fingerprint density at radius 2 is 1.43 bits per heavy atom. The summed E-state index contributed by atoms with van der Waals surface area (Å²) in [5, 5.41) is 6.34. The van der Waals surface area contributed by atoms with Crippen LogP contribution in [0.1, 0.15) is 20.8 Å². The molecule has 0 radical (unpaired) electrons. The number of para-hydroxylation sites is 2. The molecule has 21 heavy (non-hydrogen) atoms. The van der Waals surface area contributed by atoms with E-state index in [4.69, 9.17) is 0 Å². The minimum absolute atomic E-state index is 0.495. The van der Waals surface area contributed by atoms with Gasteiger partial charge < -0.3 is 9.88 Å². The fourth-order valence-electron chi connectivity index (χ4n) is 3.17. The highest BCUT2D eigenvalue weighted by Crippen LogP contribution is 2.29. The molecule has 1 atom stereocenters. The van der Waals surface area contributed by atoms with Crippen LogP contribution in [0.15, 0.2) is 48.5 Å². The van der Waals surface area contributed by atoms with Gasteiger partial charge in [-0.1, -0.05) is 57.2 Å². The van der Waals surface area contributed by atoms with Crippen molar-refractivity contribution in [1.29, 1.82) is 0 Å². The predicted octanol–water partition coefficient (Wildman–Crippen LogP) is 4.43. The van der Waals surface area contributed by atoms with Crippen LogP contribution in [0.3, 0.4) is 0 Å². The normalized spacial score (nSPS) is 13.3. The Bertz CT molecular complexity index is 686. The molecule has 0 spiro atoms. The molecule has 1 N–H and O–H groups in total. The number of aromatic nitrogens is 1. The number of fused-ring (bicyclic) bond motifs is 3. The fourth-order valence-corrected chi connectivity index (χ4v) is 3.17. The summed E-state index contributed by atoms with van der Waals surface area (Å²) in [5.41, 5.74) is 2.67. The molecule has 110 valence electrons. The van der Waals surface area contributed by atoms with Crippen molar-refractivity contribution in [3.8, 4) is 0 Å². The second-order valence-electron chi connectivity index (χ2n) is 6.05. The highest BCUT2D eigenvalue weighted by Gasteiger charge is 2.16. The van der Waals surface area contributed by atoms with Crippen LogP contribution in [0.4, 0.5) is 0 Å². The molecule has 0 saturated heterocycles. The van der Waals surface area contributed by atoms with Gasteiger partial charge in [0.15, 0.2) is 0 Å². The van der Waals surface area contributed by atoms with Gasteiger partial charge in [0.05, 0.1) is 0 Å². The summed E-state index contributed by atoms with van der Waals surface area (Å²) in [7, 11) is 0. The topological polar surface area (TPSA) is 17.0 Å². The molecule has 2 aromatic carbocycles. The minimum Gasteiger partial charge on any atom is -0.339 e. The first kappa shape index (κ1) is 14.2. The molecule has 0 aliphatic rings. The van der Waals surface area contributed by atoms with Gasteiger partial charge in [-0.3, -0.25) is 0 Å². The molecule has 0 amide bonds. The Balaban J connectivity index is 2.15. The van der Waals surface area contributed by atoms with Crippen molar-refractivity contribution < 1.29 is 0 Å². The highest BCUT2D eigenvalue weighted by molar-refractivity contribution is 6.07. The van der Waals surface area contributed by atoms with Crippen molar-refractivity contribution >= 4 is 21.8 Å². The van der Waals surface area contributed by atoms with E-state index in [1.807, 2.05) is 0 Å². The van der Waals surface area contributed by atoms with E-state index in [9.17, 15) is 0 Å². The Morgan fingerprint density at radius 1 is 0.905 bits per heavy atom. The first-order valence-electron chi connectivity index (χ1n) is 7.91. The Kier molecular flexibility index (Phi) is 3.98. The molecule has 0 aliphatic carbocycles. The average molecular weight is 280 g/mol. The molecule has 2 nitrogen and oxygen atoms in total. The Hall–Kier alpha value is -1.80. The first-order valence-corrected chi connectivity index (χ1v) is 7.91. The lowest BCUT2D eigenvalue weighted by atomic mass is 10.0. The quantitative estimate of drug-likeness (QED) is 0.731. The monoisotopic (exact) mass is 280 g/mol. The van der Waals surface area contributed by atoms with E-state index in [0.717, 1.165) is 13.1 Å². The van der Waals surface area contributed by atoms with Crippen molar-refractivity contribution in [2.24, 2.45) is 5.92 Å². The van der Waals surface area contributed by atoms with Crippen molar-refractivity contribution in [3.05, 3.63) is 48.5 Å². The van der Waals surface area contributed by atoms with E-state index in [-0.39, 0.29) is 0 Å². The largest absolute Gasteiger partial charge is 0.339 e. The van der Waals surface area contributed by atoms with Gasteiger partial charge in [0.2, 0.25) is 0 Å². The third-order valence-corrected chi connectivity index (χ3v) is 4.33. The average Bonchev–Trinajstić information content (AvgIpc) is 2.81. The number of benzene rings is 2. The molecule has 3 aromatic rings. The fraction of sp³-hybridized carbons (Fsp3) is 0.368. The van der Waals surface area contributed by atoms with Gasteiger partial charge in [-0.05, 0) is 24.6 Å². The van der Waals surface area contributed by atoms with E-state index in [2.05, 4.69) is 79.2 Å². The smallest absolute Gasteiger partial charge is 0.0491 e. The second kappa shape index (κ2) is 5.90. The zero-order chi connectivity index (χ0) is 14.8. The second-order valence-corrected chi connectivity index (χ2v) is 6.05. The van der Waals surface area contributed by atoms with Crippen LogP contribution in [-0.4, -0.2) is 17.2 Å². The summed E-state index contributed by atoms with van der Waals surface area (Å²) in [5.74, 6) is 0.616. The van der Waals surface area contributed by atoms with Gasteiger partial charge in [-0.25, -0.2) is 0 Å². The molecule has 1 aromatic heterocycles. The zero-order valence-corrected chi connectivity index (χ0v) is 13.1. The van der Waals surface area contributed by atoms with Crippen LogP contribution in [0.25, 0.3) is 21.8 Å². The van der Waals surface area contributed by atoms with E-state index < -0.39 is 0 Å². The standard InChI is InChI=1S/C19H24N2/c1-4-20-17(14(2)3)13-21-18-11-7-5-9-15(18)16-10-6-8-12-19(16)21/h5-12,14,17,20H,4,13H2,1-3H3. The molecule has 0 fully saturated rings. The highest BCUT2D eigenvalue weighted by atomic mass is 15.0. The molecule has 3 rings (SSSR count). The van der Waals surface area contributed by atoms with Gasteiger partial charge >= 0.3 is 0 Å². The van der Waals surface area contributed by atoms with E-state index in [0.29, 0.717) is 12.0 Å². The number of rotatable bonds is 5. The van der Waals surface area contributed by atoms with E-state index in [1.54, 1.807) is 0 Å². The maximum absolute atomic E-state index is 3.63. The number of nitrogens with zero attached hydrogens (tertiary/aromatic N) is 1. The summed E-state index contributed by atoms with van der Waals surface area (Å²) in [6.45, 7) is 8.79. The lowest BCUT2D eigenvalue weighted by Gasteiger charge is -2.23. The SMILES string of the molecule is CCNC(Cn1c2ccccc2c2ccccc21)C(C)C. The molecular weight excluding hydrogens is 256 g/mol. The summed E-state index contributed by atoms with van der Waals surface area (Å²) in [6, 6.07) is 17.9. The van der Waals surface area contributed by atoms with Crippen LogP contribution >= 0.6 is 0 Å². The number of hydrogen-bond acceptors (Lipinski definition) is 1. The molecule has 0 aliphatic heterocycles. The Morgan fingerprint density at radius 3 is 1.90 bits per heavy atom. The molecule has 2 heteroatoms. The van der Waals surface area contributed by atoms with E-state index in [1.165, 1.54) is 21.8 Å².